The van der Waals surface area contributed by atoms with Crippen LogP contribution in [0.2, 0.25) is 0 Å². The van der Waals surface area contributed by atoms with Crippen LogP contribution in [-0.2, 0) is 32.0 Å². The Bertz CT molecular complexity index is 1870. The fourth-order valence-corrected chi connectivity index (χ4v) is 5.74. The van der Waals surface area contributed by atoms with E-state index >= 15 is 0 Å². The number of hydrogen-bond donors (Lipinski definition) is 11. The number of guanidine groups is 2. The molecule has 2 aromatic heterocycles. The Kier molecular flexibility index (Phi) is 13.3. The third-order valence-corrected chi connectivity index (χ3v) is 8.37. The molecule has 17 nitrogen and oxygen atoms in total. The minimum Gasteiger partial charge on any atom is -0.370 e. The van der Waals surface area contributed by atoms with Crippen molar-refractivity contribution < 1.29 is 19.2 Å². The lowest BCUT2D eigenvalue weighted by molar-refractivity contribution is -0.133. The number of rotatable bonds is 19. The van der Waals surface area contributed by atoms with Gasteiger partial charge < -0.3 is 60.3 Å². The van der Waals surface area contributed by atoms with Crippen LogP contribution in [0.5, 0.6) is 0 Å². The van der Waals surface area contributed by atoms with E-state index in [1.54, 1.807) is 12.4 Å². The van der Waals surface area contributed by atoms with Gasteiger partial charge in [-0.05, 0) is 55.4 Å². The first kappa shape index (κ1) is 37.7. The lowest BCUT2D eigenvalue weighted by atomic mass is 10.0. The predicted molar refractivity (Wildman–Crippen MR) is 197 cm³/mol. The van der Waals surface area contributed by atoms with Crippen LogP contribution in [0.1, 0.15) is 36.8 Å². The monoisotopic (exact) mass is 701 g/mol. The van der Waals surface area contributed by atoms with Crippen LogP contribution in [0.25, 0.3) is 21.8 Å². The maximum absolute atomic E-state index is 13.9. The van der Waals surface area contributed by atoms with Gasteiger partial charge in [-0.2, -0.15) is 0 Å². The van der Waals surface area contributed by atoms with Crippen molar-refractivity contribution in [2.75, 3.05) is 13.1 Å². The number of carbonyl (C=O) groups is 4. The molecule has 0 radical (unpaired) electrons. The van der Waals surface area contributed by atoms with Gasteiger partial charge in [0, 0.05) is 53.7 Å². The largest absolute Gasteiger partial charge is 0.370 e. The van der Waals surface area contributed by atoms with Gasteiger partial charge in [0.05, 0.1) is 6.04 Å². The molecule has 4 atom stereocenters. The maximum atomic E-state index is 13.9. The van der Waals surface area contributed by atoms with E-state index in [1.807, 2.05) is 48.5 Å². The SMILES string of the molecule is NC(=O)[C@H](CCCN=C(N)N)NC(=O)[C@H](Cc1c[nH]c2ccccc12)NC(=O)[C@H](CCCN=C(N)N)NC(=O)[C@@H](N)Cc1c[nH]c2ccccc12. The van der Waals surface area contributed by atoms with Crippen LogP contribution in [0.4, 0.5) is 0 Å². The average molecular weight is 702 g/mol. The topological polar surface area (TPSA) is 317 Å². The molecular weight excluding hydrogens is 654 g/mol. The number of H-pyrrole nitrogens is 2. The Labute approximate surface area is 294 Å². The predicted octanol–water partition coefficient (Wildman–Crippen LogP) is -1.19. The lowest BCUT2D eigenvalue weighted by Gasteiger charge is -2.25. The van der Waals surface area contributed by atoms with E-state index in [4.69, 9.17) is 34.4 Å². The second-order valence-corrected chi connectivity index (χ2v) is 12.2. The molecule has 2 heterocycles. The quantitative estimate of drug-likeness (QED) is 0.0318. The van der Waals surface area contributed by atoms with E-state index in [2.05, 4.69) is 35.9 Å². The number of fused-ring (bicyclic) bond motifs is 2. The van der Waals surface area contributed by atoms with E-state index < -0.39 is 47.8 Å². The zero-order chi connectivity index (χ0) is 36.9. The molecular formula is C34H47N13O4. The number of aliphatic imine (C=N–C) groups is 2. The van der Waals surface area contributed by atoms with Crippen LogP contribution in [0.3, 0.4) is 0 Å². The van der Waals surface area contributed by atoms with Crippen LogP contribution in [-0.4, -0.2) is 82.8 Å². The second kappa shape index (κ2) is 18.1. The number of nitrogens with one attached hydrogen (secondary N) is 5. The minimum atomic E-state index is -1.17. The van der Waals surface area contributed by atoms with Gasteiger partial charge in [0.25, 0.3) is 0 Å². The first-order valence-electron chi connectivity index (χ1n) is 16.6. The molecule has 0 aliphatic rings. The summed E-state index contributed by atoms with van der Waals surface area (Å²) in [5.74, 6) is -2.83. The van der Waals surface area contributed by atoms with Crippen molar-refractivity contribution in [3.63, 3.8) is 0 Å². The molecule has 4 aromatic rings. The summed E-state index contributed by atoms with van der Waals surface area (Å²) in [7, 11) is 0. The molecule has 0 saturated heterocycles. The van der Waals surface area contributed by atoms with Gasteiger partial charge in [-0.15, -0.1) is 0 Å². The summed E-state index contributed by atoms with van der Waals surface area (Å²) in [6.45, 7) is 0.421. The van der Waals surface area contributed by atoms with Crippen molar-refractivity contribution in [2.45, 2.75) is 62.7 Å². The average Bonchev–Trinajstić information content (AvgIpc) is 3.70. The molecule has 0 aliphatic carbocycles. The molecule has 0 spiro atoms. The summed E-state index contributed by atoms with van der Waals surface area (Å²) >= 11 is 0. The Hall–Kier alpha value is -6.10. The smallest absolute Gasteiger partial charge is 0.243 e. The van der Waals surface area contributed by atoms with Gasteiger partial charge in [-0.25, -0.2) is 0 Å². The van der Waals surface area contributed by atoms with Crippen molar-refractivity contribution in [1.82, 2.24) is 25.9 Å². The molecule has 4 amide bonds. The van der Waals surface area contributed by atoms with Crippen molar-refractivity contribution in [3.8, 4) is 0 Å². The molecule has 0 fully saturated rings. The minimum absolute atomic E-state index is 0.0514. The van der Waals surface area contributed by atoms with Gasteiger partial charge in [0.1, 0.15) is 18.1 Å². The molecule has 0 aliphatic heterocycles. The van der Waals surface area contributed by atoms with E-state index in [9.17, 15) is 19.2 Å². The third-order valence-electron chi connectivity index (χ3n) is 8.37. The number of carbonyl (C=O) groups excluding carboxylic acids is 4. The molecule has 17 heteroatoms. The summed E-state index contributed by atoms with van der Waals surface area (Å²) in [5.41, 5.74) is 37.0. The van der Waals surface area contributed by atoms with Gasteiger partial charge in [0.2, 0.25) is 23.6 Å². The summed E-state index contributed by atoms with van der Waals surface area (Å²) in [6.07, 6.45) is 4.77. The number of primary amides is 1. The van der Waals surface area contributed by atoms with Gasteiger partial charge >= 0.3 is 0 Å². The molecule has 0 bridgehead atoms. The van der Waals surface area contributed by atoms with Gasteiger partial charge in [0.15, 0.2) is 11.9 Å². The number of aromatic nitrogens is 2. The third kappa shape index (κ3) is 10.9. The fourth-order valence-electron chi connectivity index (χ4n) is 5.74. The molecule has 0 saturated carbocycles. The highest BCUT2D eigenvalue weighted by atomic mass is 16.2. The second-order valence-electron chi connectivity index (χ2n) is 12.2. The highest BCUT2D eigenvalue weighted by Gasteiger charge is 2.31. The van der Waals surface area contributed by atoms with Crippen LogP contribution >= 0.6 is 0 Å². The number of amides is 4. The highest BCUT2D eigenvalue weighted by molar-refractivity contribution is 5.95. The van der Waals surface area contributed by atoms with E-state index in [0.717, 1.165) is 32.9 Å². The summed E-state index contributed by atoms with van der Waals surface area (Å²) in [5, 5.41) is 10.00. The van der Waals surface area contributed by atoms with E-state index in [1.165, 1.54) is 0 Å². The van der Waals surface area contributed by atoms with Gasteiger partial charge in [-0.1, -0.05) is 36.4 Å². The number of aromatic amines is 2. The first-order chi connectivity index (χ1) is 24.4. The Morgan fingerprint density at radius 2 is 1.06 bits per heavy atom. The molecule has 51 heavy (non-hydrogen) atoms. The van der Waals surface area contributed by atoms with Crippen molar-refractivity contribution in [2.24, 2.45) is 44.4 Å². The van der Waals surface area contributed by atoms with Crippen LogP contribution in [0.15, 0.2) is 70.9 Å². The van der Waals surface area contributed by atoms with E-state index in [0.29, 0.717) is 12.8 Å². The molecule has 4 rings (SSSR count). The highest BCUT2D eigenvalue weighted by Crippen LogP contribution is 2.20. The number of benzene rings is 2. The first-order valence-corrected chi connectivity index (χ1v) is 16.6. The zero-order valence-corrected chi connectivity index (χ0v) is 28.2. The molecule has 17 N–H and O–H groups in total. The Morgan fingerprint density at radius 3 is 1.59 bits per heavy atom. The lowest BCUT2D eigenvalue weighted by Crippen LogP contribution is -2.58. The molecule has 2 aromatic carbocycles. The van der Waals surface area contributed by atoms with Crippen molar-refractivity contribution in [1.29, 1.82) is 0 Å². The standard InChI is InChI=1S/C34H47N13O4/c35-23(15-19-17-43-24-9-3-1-7-21(19)24)30(49)46-27(12-6-14-42-34(39)40)31(50)47-28(16-20-18-44-25-10-4-2-8-22(20)25)32(51)45-26(29(36)48)11-5-13-41-33(37)38/h1-4,7-10,17-18,23,26-28,43-44H,5-6,11-16,35H2,(H2,36,48)(H,45,51)(H,46,49)(H,47,50)(H4,37,38,41)(H4,39,40,42)/t23-,26-,27-,28-/m0/s1. The molecule has 272 valence electrons. The summed E-state index contributed by atoms with van der Waals surface area (Å²) < 4.78 is 0. The van der Waals surface area contributed by atoms with Crippen molar-refractivity contribution in [3.05, 3.63) is 72.1 Å². The normalized spacial score (nSPS) is 13.4. The number of nitrogens with zero attached hydrogens (tertiary/aromatic N) is 2. The summed E-state index contributed by atoms with van der Waals surface area (Å²) in [4.78, 5) is 67.7. The Balaban J connectivity index is 1.54. The maximum Gasteiger partial charge on any atom is 0.243 e. The van der Waals surface area contributed by atoms with Crippen LogP contribution < -0.4 is 50.4 Å². The number of hydrogen-bond acceptors (Lipinski definition) is 7. The fraction of sp³-hybridized carbons (Fsp3) is 0.353. The van der Waals surface area contributed by atoms with E-state index in [-0.39, 0.29) is 50.7 Å². The number of nitrogens with two attached hydrogens (primary N) is 6. The zero-order valence-electron chi connectivity index (χ0n) is 28.2. The number of para-hydroxylation sites is 2. The Morgan fingerprint density at radius 1 is 0.608 bits per heavy atom. The van der Waals surface area contributed by atoms with Gasteiger partial charge in [-0.3, -0.25) is 29.2 Å². The van der Waals surface area contributed by atoms with Crippen LogP contribution in [0, 0.1) is 0 Å². The molecule has 0 unspecified atom stereocenters. The summed E-state index contributed by atoms with van der Waals surface area (Å²) in [6, 6.07) is 10.8. The van der Waals surface area contributed by atoms with Crippen molar-refractivity contribution >= 4 is 57.4 Å².